The molecule has 3 heteroatoms. The first kappa shape index (κ1) is 9.40. The van der Waals surface area contributed by atoms with Crippen LogP contribution in [0.25, 0.3) is 11.1 Å². The second kappa shape index (κ2) is 3.92. The van der Waals surface area contributed by atoms with Crippen LogP contribution in [0.4, 0.5) is 5.69 Å². The average Bonchev–Trinajstić information content (AvgIpc) is 2.29. The highest BCUT2D eigenvalue weighted by Gasteiger charge is 1.98. The lowest BCUT2D eigenvalue weighted by Crippen LogP contribution is -1.88. The first-order valence-electron chi connectivity index (χ1n) is 4.57. The van der Waals surface area contributed by atoms with Gasteiger partial charge in [0.25, 0.3) is 0 Å². The van der Waals surface area contributed by atoms with Crippen LogP contribution in [0.3, 0.4) is 0 Å². The van der Waals surface area contributed by atoms with Gasteiger partial charge in [-0.15, -0.1) is 0 Å². The van der Waals surface area contributed by atoms with Crippen LogP contribution in [0.1, 0.15) is 10.5 Å². The maximum Gasteiger partial charge on any atom is 0.168 e. The van der Waals surface area contributed by atoms with Crippen molar-refractivity contribution in [2.24, 2.45) is 0 Å². The highest BCUT2D eigenvalue weighted by Crippen LogP contribution is 2.20. The van der Waals surface area contributed by atoms with Crippen molar-refractivity contribution in [1.29, 1.82) is 0 Å². The lowest BCUT2D eigenvalue weighted by atomic mass is 10.1. The normalized spacial score (nSPS) is 9.87. The van der Waals surface area contributed by atoms with Gasteiger partial charge in [-0.05, 0) is 23.8 Å². The molecule has 0 spiro atoms. The Kier molecular flexibility index (Phi) is 2.46. The molecule has 1 aromatic heterocycles. The molecule has 74 valence electrons. The molecule has 0 bridgehead atoms. The van der Waals surface area contributed by atoms with Crippen molar-refractivity contribution in [2.45, 2.75) is 0 Å². The van der Waals surface area contributed by atoms with Crippen molar-refractivity contribution in [2.75, 3.05) is 5.73 Å². The van der Waals surface area contributed by atoms with Crippen molar-refractivity contribution in [1.82, 2.24) is 4.98 Å². The van der Waals surface area contributed by atoms with E-state index in [1.807, 2.05) is 30.3 Å². The number of benzene rings is 1. The van der Waals surface area contributed by atoms with Crippen LogP contribution in [0.15, 0.2) is 42.6 Å². The minimum Gasteiger partial charge on any atom is -0.399 e. The molecule has 0 saturated carbocycles. The first-order valence-corrected chi connectivity index (χ1v) is 4.57. The van der Waals surface area contributed by atoms with E-state index in [2.05, 4.69) is 4.98 Å². The minimum atomic E-state index is 0.433. The number of nitrogen functional groups attached to an aromatic ring is 1. The van der Waals surface area contributed by atoms with Crippen LogP contribution in [0, 0.1) is 0 Å². The molecule has 1 heterocycles. The summed E-state index contributed by atoms with van der Waals surface area (Å²) in [4.78, 5) is 14.4. The fraction of sp³-hybridized carbons (Fsp3) is 0. The number of aldehydes is 1. The van der Waals surface area contributed by atoms with Crippen LogP contribution >= 0.6 is 0 Å². The summed E-state index contributed by atoms with van der Waals surface area (Å²) in [5.41, 5.74) is 8.77. The minimum absolute atomic E-state index is 0.433. The summed E-state index contributed by atoms with van der Waals surface area (Å²) in [6.07, 6.45) is 2.39. The topological polar surface area (TPSA) is 56.0 Å². The number of nitrogens with two attached hydrogens (primary N) is 1. The van der Waals surface area contributed by atoms with Gasteiger partial charge in [-0.25, -0.2) is 0 Å². The summed E-state index contributed by atoms with van der Waals surface area (Å²) in [6.45, 7) is 0. The van der Waals surface area contributed by atoms with E-state index in [0.717, 1.165) is 17.4 Å². The summed E-state index contributed by atoms with van der Waals surface area (Å²) in [5, 5.41) is 0. The number of aromatic nitrogens is 1. The van der Waals surface area contributed by atoms with Crippen molar-refractivity contribution in [3.8, 4) is 11.1 Å². The Balaban J connectivity index is 2.41. The Morgan fingerprint density at radius 1 is 1.13 bits per heavy atom. The van der Waals surface area contributed by atoms with Gasteiger partial charge in [-0.1, -0.05) is 18.2 Å². The van der Waals surface area contributed by atoms with Gasteiger partial charge in [0.05, 0.1) is 0 Å². The maximum absolute atomic E-state index is 10.4. The third-order valence-electron chi connectivity index (χ3n) is 2.13. The molecule has 0 fully saturated rings. The maximum atomic E-state index is 10.4. The second-order valence-corrected chi connectivity index (χ2v) is 3.22. The van der Waals surface area contributed by atoms with Crippen LogP contribution in [-0.4, -0.2) is 11.3 Å². The number of carbonyl (C=O) groups is 1. The van der Waals surface area contributed by atoms with Crippen LogP contribution in [0.5, 0.6) is 0 Å². The largest absolute Gasteiger partial charge is 0.399 e. The Hall–Kier alpha value is -2.16. The molecule has 3 nitrogen and oxygen atoms in total. The second-order valence-electron chi connectivity index (χ2n) is 3.22. The van der Waals surface area contributed by atoms with Crippen LogP contribution in [-0.2, 0) is 0 Å². The van der Waals surface area contributed by atoms with Gasteiger partial charge < -0.3 is 5.73 Å². The molecule has 2 rings (SSSR count). The average molecular weight is 198 g/mol. The smallest absolute Gasteiger partial charge is 0.168 e. The van der Waals surface area contributed by atoms with Gasteiger partial charge >= 0.3 is 0 Å². The number of carbonyl (C=O) groups excluding carboxylic acids is 1. The van der Waals surface area contributed by atoms with E-state index < -0.39 is 0 Å². The van der Waals surface area contributed by atoms with Crippen LogP contribution in [0.2, 0.25) is 0 Å². The highest BCUT2D eigenvalue weighted by molar-refractivity contribution is 5.74. The zero-order valence-corrected chi connectivity index (χ0v) is 8.05. The summed E-state index contributed by atoms with van der Waals surface area (Å²) in [7, 11) is 0. The van der Waals surface area contributed by atoms with Gasteiger partial charge in [0.15, 0.2) is 6.29 Å². The van der Waals surface area contributed by atoms with E-state index in [4.69, 9.17) is 5.73 Å². The van der Waals surface area contributed by atoms with E-state index in [9.17, 15) is 4.79 Å². The van der Waals surface area contributed by atoms with Crippen LogP contribution < -0.4 is 5.73 Å². The van der Waals surface area contributed by atoms with Crippen molar-refractivity contribution in [3.05, 3.63) is 48.3 Å². The fourth-order valence-corrected chi connectivity index (χ4v) is 1.36. The van der Waals surface area contributed by atoms with E-state index >= 15 is 0 Å². The molecular weight excluding hydrogens is 188 g/mol. The molecule has 0 aliphatic heterocycles. The molecule has 0 saturated heterocycles. The lowest BCUT2D eigenvalue weighted by Gasteiger charge is -2.01. The van der Waals surface area contributed by atoms with E-state index in [0.29, 0.717) is 11.4 Å². The first-order chi connectivity index (χ1) is 7.29. The molecule has 0 unspecified atom stereocenters. The summed E-state index contributed by atoms with van der Waals surface area (Å²) >= 11 is 0. The lowest BCUT2D eigenvalue weighted by molar-refractivity contribution is 0.111. The van der Waals surface area contributed by atoms with Gasteiger partial charge in [0.1, 0.15) is 5.69 Å². The third kappa shape index (κ3) is 2.02. The predicted octanol–water partition coefficient (Wildman–Crippen LogP) is 2.14. The SMILES string of the molecule is Nc1cccc(-c2ccc(C=O)nc2)c1. The van der Waals surface area contributed by atoms with Crippen molar-refractivity contribution >= 4 is 12.0 Å². The number of rotatable bonds is 2. The number of hydrogen-bond donors (Lipinski definition) is 1. The molecule has 15 heavy (non-hydrogen) atoms. The Morgan fingerprint density at radius 3 is 2.60 bits per heavy atom. The van der Waals surface area contributed by atoms with E-state index in [-0.39, 0.29) is 0 Å². The molecule has 1 aromatic carbocycles. The van der Waals surface area contributed by atoms with E-state index in [1.165, 1.54) is 0 Å². The zero-order valence-electron chi connectivity index (χ0n) is 8.05. The monoisotopic (exact) mass is 198 g/mol. The number of hydrogen-bond acceptors (Lipinski definition) is 3. The predicted molar refractivity (Wildman–Crippen MR) is 59.5 cm³/mol. The molecular formula is C12H10N2O. The molecule has 0 radical (unpaired) electrons. The summed E-state index contributed by atoms with van der Waals surface area (Å²) < 4.78 is 0. The molecule has 2 N–H and O–H groups in total. The van der Waals surface area contributed by atoms with Gasteiger partial charge in [0, 0.05) is 17.4 Å². The van der Waals surface area contributed by atoms with Gasteiger partial charge in [-0.2, -0.15) is 0 Å². The Labute approximate surface area is 87.6 Å². The Morgan fingerprint density at radius 2 is 2.00 bits per heavy atom. The van der Waals surface area contributed by atoms with Crippen molar-refractivity contribution in [3.63, 3.8) is 0 Å². The van der Waals surface area contributed by atoms with Gasteiger partial charge in [-0.3, -0.25) is 9.78 Å². The third-order valence-corrected chi connectivity index (χ3v) is 2.13. The Bertz CT molecular complexity index is 477. The zero-order chi connectivity index (χ0) is 10.7. The quantitative estimate of drug-likeness (QED) is 0.594. The molecule has 0 aliphatic carbocycles. The summed E-state index contributed by atoms with van der Waals surface area (Å²) in [5.74, 6) is 0. The number of pyridine rings is 1. The molecule has 0 atom stereocenters. The molecule has 0 amide bonds. The summed E-state index contributed by atoms with van der Waals surface area (Å²) in [6, 6.07) is 11.1. The number of nitrogens with zero attached hydrogens (tertiary/aromatic N) is 1. The number of anilines is 1. The molecule has 2 aromatic rings. The van der Waals surface area contributed by atoms with Gasteiger partial charge in [0.2, 0.25) is 0 Å². The fourth-order valence-electron chi connectivity index (χ4n) is 1.36. The van der Waals surface area contributed by atoms with E-state index in [1.54, 1.807) is 12.3 Å². The standard InChI is InChI=1S/C12H10N2O/c13-11-3-1-2-9(6-11)10-4-5-12(8-15)14-7-10/h1-8H,13H2. The molecule has 0 aliphatic rings. The van der Waals surface area contributed by atoms with Crippen molar-refractivity contribution < 1.29 is 4.79 Å². The highest BCUT2D eigenvalue weighted by atomic mass is 16.1.